The molecule has 0 bridgehead atoms. The maximum Gasteiger partial charge on any atom is 0.278 e. The Morgan fingerprint density at radius 2 is 2.15 bits per heavy atom. The number of thiophene rings is 1. The summed E-state index contributed by atoms with van der Waals surface area (Å²) in [6.45, 7) is 4.36. The van der Waals surface area contributed by atoms with Gasteiger partial charge in [0.05, 0.1) is 10.9 Å². The molecule has 0 saturated carbocycles. The minimum Gasteiger partial charge on any atom is -0.410 e. The smallest absolute Gasteiger partial charge is 0.278 e. The van der Waals surface area contributed by atoms with E-state index in [-0.39, 0.29) is 5.25 Å². The van der Waals surface area contributed by atoms with Crippen LogP contribution in [0.3, 0.4) is 0 Å². The molecule has 1 aromatic carbocycles. The van der Waals surface area contributed by atoms with Gasteiger partial charge < -0.3 is 4.42 Å². The van der Waals surface area contributed by atoms with Gasteiger partial charge in [-0.05, 0) is 67.5 Å². The normalized spacial score (nSPS) is 17.3. The van der Waals surface area contributed by atoms with Crippen molar-refractivity contribution in [2.75, 3.05) is 0 Å². The Hall–Kier alpha value is -2.10. The van der Waals surface area contributed by atoms with Crippen LogP contribution in [0.2, 0.25) is 0 Å². The van der Waals surface area contributed by atoms with Gasteiger partial charge in [-0.25, -0.2) is 0 Å². The number of fused-ring (bicyclic) bond motifs is 1. The Labute approximate surface area is 167 Å². The third-order valence-electron chi connectivity index (χ3n) is 4.88. The summed E-state index contributed by atoms with van der Waals surface area (Å²) in [6, 6.07) is 12.8. The van der Waals surface area contributed by atoms with E-state index in [4.69, 9.17) is 4.42 Å². The van der Waals surface area contributed by atoms with Gasteiger partial charge >= 0.3 is 0 Å². The van der Waals surface area contributed by atoms with Crippen molar-refractivity contribution < 1.29 is 4.42 Å². The highest BCUT2D eigenvalue weighted by atomic mass is 32.2. The molecule has 4 rings (SSSR count). The monoisotopic (exact) mass is 395 g/mol. The fourth-order valence-electron chi connectivity index (χ4n) is 3.34. The number of hydrogen-bond acceptors (Lipinski definition) is 6. The van der Waals surface area contributed by atoms with E-state index in [9.17, 15) is 5.26 Å². The Morgan fingerprint density at radius 3 is 2.93 bits per heavy atom. The van der Waals surface area contributed by atoms with Crippen LogP contribution in [0.5, 0.6) is 0 Å². The quantitative estimate of drug-likeness (QED) is 0.537. The third-order valence-corrected chi connectivity index (χ3v) is 7.02. The van der Waals surface area contributed by atoms with Crippen molar-refractivity contribution >= 4 is 23.1 Å². The summed E-state index contributed by atoms with van der Waals surface area (Å²) in [7, 11) is 0. The van der Waals surface area contributed by atoms with Crippen LogP contribution < -0.4 is 0 Å². The van der Waals surface area contributed by atoms with Crippen LogP contribution >= 0.6 is 23.1 Å². The average molecular weight is 396 g/mol. The Bertz CT molecular complexity index is 968. The lowest BCUT2D eigenvalue weighted by Crippen LogP contribution is -2.07. The average Bonchev–Trinajstić information content (AvgIpc) is 3.29. The molecular formula is C21H21N3OS2. The van der Waals surface area contributed by atoms with E-state index < -0.39 is 0 Å². The molecule has 0 fully saturated rings. The molecule has 1 aliphatic rings. The molecule has 0 spiro atoms. The van der Waals surface area contributed by atoms with Gasteiger partial charge in [0.2, 0.25) is 0 Å². The summed E-state index contributed by atoms with van der Waals surface area (Å²) in [5.41, 5.74) is 3.78. The van der Waals surface area contributed by atoms with Crippen molar-refractivity contribution in [3.05, 3.63) is 51.9 Å². The van der Waals surface area contributed by atoms with E-state index in [2.05, 4.69) is 60.4 Å². The zero-order valence-electron chi connectivity index (χ0n) is 15.4. The first-order chi connectivity index (χ1) is 13.1. The first-order valence-corrected chi connectivity index (χ1v) is 10.9. The van der Waals surface area contributed by atoms with Gasteiger partial charge in [0.1, 0.15) is 5.25 Å². The summed E-state index contributed by atoms with van der Waals surface area (Å²) in [5, 5.41) is 18.1. The largest absolute Gasteiger partial charge is 0.410 e. The first kappa shape index (κ1) is 18.3. The molecule has 0 aliphatic heterocycles. The van der Waals surface area contributed by atoms with E-state index in [1.165, 1.54) is 34.2 Å². The van der Waals surface area contributed by atoms with Gasteiger partial charge in [0.15, 0.2) is 0 Å². The highest BCUT2D eigenvalue weighted by Crippen LogP contribution is 2.37. The minimum atomic E-state index is -0.251. The van der Waals surface area contributed by atoms with Crippen molar-refractivity contribution in [3.63, 3.8) is 0 Å². The topological polar surface area (TPSA) is 62.7 Å². The van der Waals surface area contributed by atoms with Gasteiger partial charge in [-0.3, -0.25) is 0 Å². The molecule has 4 nitrogen and oxygen atoms in total. The number of nitrogens with zero attached hydrogens (tertiary/aromatic N) is 3. The predicted octanol–water partition coefficient (Wildman–Crippen LogP) is 5.46. The number of hydrogen-bond donors (Lipinski definition) is 0. The van der Waals surface area contributed by atoms with Crippen LogP contribution in [0.25, 0.3) is 10.8 Å². The summed E-state index contributed by atoms with van der Waals surface area (Å²) >= 11 is 3.10. The van der Waals surface area contributed by atoms with E-state index in [1.807, 2.05) is 0 Å². The van der Waals surface area contributed by atoms with E-state index in [1.54, 1.807) is 11.3 Å². The summed E-state index contributed by atoms with van der Waals surface area (Å²) in [4.78, 5) is 2.49. The number of aromatic nitrogens is 2. The highest BCUT2D eigenvalue weighted by Gasteiger charge is 2.22. The van der Waals surface area contributed by atoms with E-state index >= 15 is 0 Å². The zero-order valence-corrected chi connectivity index (χ0v) is 17.1. The van der Waals surface area contributed by atoms with Crippen LogP contribution in [0, 0.1) is 24.2 Å². The van der Waals surface area contributed by atoms with Gasteiger partial charge in [-0.1, -0.05) is 36.8 Å². The van der Waals surface area contributed by atoms with Crippen LogP contribution in [0.4, 0.5) is 0 Å². The highest BCUT2D eigenvalue weighted by molar-refractivity contribution is 7.99. The summed E-state index contributed by atoms with van der Waals surface area (Å²) in [5.74, 6) is 1.31. The molecule has 6 heteroatoms. The summed E-state index contributed by atoms with van der Waals surface area (Å²) < 4.78 is 5.86. The molecule has 0 radical (unpaired) electrons. The number of nitriles is 1. The maximum absolute atomic E-state index is 9.50. The van der Waals surface area contributed by atoms with Crippen molar-refractivity contribution in [1.29, 1.82) is 5.26 Å². The molecule has 0 amide bonds. The molecule has 2 aromatic heterocycles. The number of thioether (sulfide) groups is 1. The molecule has 2 heterocycles. The van der Waals surface area contributed by atoms with E-state index in [0.29, 0.717) is 17.5 Å². The second-order valence-electron chi connectivity index (χ2n) is 7.21. The maximum atomic E-state index is 9.50. The molecular weight excluding hydrogens is 374 g/mol. The molecule has 0 unspecified atom stereocenters. The lowest BCUT2D eigenvalue weighted by atomic mass is 9.90. The predicted molar refractivity (Wildman–Crippen MR) is 109 cm³/mol. The van der Waals surface area contributed by atoms with Gasteiger partial charge in [0, 0.05) is 4.88 Å². The van der Waals surface area contributed by atoms with Gasteiger partial charge in [-0.15, -0.1) is 21.5 Å². The molecule has 0 N–H and O–H groups in total. The van der Waals surface area contributed by atoms with Crippen molar-refractivity contribution in [1.82, 2.24) is 10.2 Å². The summed E-state index contributed by atoms with van der Waals surface area (Å²) in [6.07, 6.45) is 4.18. The molecule has 1 aliphatic carbocycles. The van der Waals surface area contributed by atoms with Crippen molar-refractivity contribution in [3.8, 4) is 16.8 Å². The second kappa shape index (κ2) is 7.87. The molecule has 27 heavy (non-hydrogen) atoms. The standard InChI is InChI=1S/C21H21N3OS2/c1-13-3-6-15(7-4-13)10-17(12-22)26-21-24-23-20(25-21)19-11-16-9-14(2)5-8-18(16)27-19/h3-4,6-7,11,14,17H,5,8-10H2,1-2H3/t14-,17-/m0/s1. The molecule has 2 atom stereocenters. The van der Waals surface area contributed by atoms with Gasteiger partial charge in [0.25, 0.3) is 11.1 Å². The number of rotatable bonds is 5. The number of aryl methyl sites for hydroxylation is 2. The fraction of sp³-hybridized carbons (Fsp3) is 0.381. The minimum absolute atomic E-state index is 0.251. The van der Waals surface area contributed by atoms with Crippen LogP contribution in [-0.2, 0) is 19.3 Å². The van der Waals surface area contributed by atoms with E-state index in [0.717, 1.165) is 29.2 Å². The Balaban J connectivity index is 1.46. The molecule has 3 aromatic rings. The third kappa shape index (κ3) is 4.26. The SMILES string of the molecule is Cc1ccc(C[C@@H](C#N)Sc2nnc(-c3cc4c(s3)CC[C@H](C)C4)o2)cc1. The Kier molecular flexibility index (Phi) is 5.33. The number of benzene rings is 1. The Morgan fingerprint density at radius 1 is 1.33 bits per heavy atom. The van der Waals surface area contributed by atoms with Crippen LogP contribution in [0.1, 0.15) is 34.9 Å². The van der Waals surface area contributed by atoms with Gasteiger partial charge in [-0.2, -0.15) is 5.26 Å². The molecule has 138 valence electrons. The lowest BCUT2D eigenvalue weighted by molar-refractivity contribution is 0.466. The van der Waals surface area contributed by atoms with Crippen LogP contribution in [0.15, 0.2) is 40.0 Å². The van der Waals surface area contributed by atoms with Crippen molar-refractivity contribution in [2.45, 2.75) is 50.0 Å². The first-order valence-electron chi connectivity index (χ1n) is 9.18. The zero-order chi connectivity index (χ0) is 18.8. The van der Waals surface area contributed by atoms with Crippen molar-refractivity contribution in [2.24, 2.45) is 5.92 Å². The van der Waals surface area contributed by atoms with Crippen LogP contribution in [-0.4, -0.2) is 15.4 Å². The molecule has 0 saturated heterocycles. The lowest BCUT2D eigenvalue weighted by Gasteiger charge is -2.16. The fourth-order valence-corrected chi connectivity index (χ4v) is 5.26. The second-order valence-corrected chi connectivity index (χ2v) is 9.50.